The summed E-state index contributed by atoms with van der Waals surface area (Å²) >= 11 is 0. The van der Waals surface area contributed by atoms with Crippen LogP contribution in [0.5, 0.6) is 0 Å². The third kappa shape index (κ3) is 2.22. The number of piperidine rings is 1. The van der Waals surface area contributed by atoms with Crippen LogP contribution in [0.25, 0.3) is 0 Å². The first-order valence-corrected chi connectivity index (χ1v) is 7.30. The fourth-order valence-corrected chi connectivity index (χ4v) is 3.45. The molecule has 1 spiro atoms. The SMILES string of the molecule is CCc1ccc(CN2CCC3(CC2)[C@H](O)C[C@@H]3O)o1. The van der Waals surface area contributed by atoms with Crippen LogP contribution >= 0.6 is 0 Å². The Morgan fingerprint density at radius 1 is 1.21 bits per heavy atom. The monoisotopic (exact) mass is 265 g/mol. The Morgan fingerprint density at radius 3 is 2.37 bits per heavy atom. The number of hydrogen-bond donors (Lipinski definition) is 2. The Bertz CT molecular complexity index is 424. The van der Waals surface area contributed by atoms with Crippen molar-refractivity contribution in [2.45, 2.75) is 51.4 Å². The second kappa shape index (κ2) is 4.93. The molecule has 1 saturated heterocycles. The molecule has 2 N–H and O–H groups in total. The lowest BCUT2D eigenvalue weighted by molar-refractivity contribution is -0.190. The number of likely N-dealkylation sites (tertiary alicyclic amines) is 1. The van der Waals surface area contributed by atoms with E-state index in [1.54, 1.807) is 0 Å². The Hall–Kier alpha value is -0.840. The molecule has 2 heterocycles. The maximum Gasteiger partial charge on any atom is 0.118 e. The van der Waals surface area contributed by atoms with Crippen molar-refractivity contribution in [3.63, 3.8) is 0 Å². The van der Waals surface area contributed by atoms with Gasteiger partial charge in [0, 0.05) is 18.3 Å². The molecular formula is C15H23NO3. The maximum atomic E-state index is 9.91. The fourth-order valence-electron chi connectivity index (χ4n) is 3.45. The quantitative estimate of drug-likeness (QED) is 0.870. The lowest BCUT2D eigenvalue weighted by atomic mass is 9.58. The molecular weight excluding hydrogens is 242 g/mol. The van der Waals surface area contributed by atoms with Gasteiger partial charge in [-0.25, -0.2) is 0 Å². The highest BCUT2D eigenvalue weighted by molar-refractivity contribution is 5.09. The van der Waals surface area contributed by atoms with Crippen molar-refractivity contribution in [1.82, 2.24) is 4.90 Å². The zero-order valence-electron chi connectivity index (χ0n) is 11.5. The van der Waals surface area contributed by atoms with E-state index in [4.69, 9.17) is 4.42 Å². The summed E-state index contributed by atoms with van der Waals surface area (Å²) in [6.07, 6.45) is 2.65. The zero-order chi connectivity index (χ0) is 13.5. The largest absolute Gasteiger partial charge is 0.465 e. The minimum atomic E-state index is -0.306. The molecule has 2 aliphatic rings. The molecule has 0 unspecified atom stereocenters. The molecule has 0 bridgehead atoms. The highest BCUT2D eigenvalue weighted by Gasteiger charge is 2.54. The summed E-state index contributed by atoms with van der Waals surface area (Å²) in [7, 11) is 0. The zero-order valence-corrected chi connectivity index (χ0v) is 11.5. The van der Waals surface area contributed by atoms with E-state index in [-0.39, 0.29) is 17.6 Å². The van der Waals surface area contributed by atoms with E-state index in [1.165, 1.54) is 0 Å². The molecule has 4 nitrogen and oxygen atoms in total. The van der Waals surface area contributed by atoms with Gasteiger partial charge in [0.15, 0.2) is 0 Å². The molecule has 106 valence electrons. The summed E-state index contributed by atoms with van der Waals surface area (Å²) in [5, 5.41) is 19.8. The Kier molecular flexibility index (Phi) is 3.41. The van der Waals surface area contributed by atoms with E-state index in [2.05, 4.69) is 17.9 Å². The average Bonchev–Trinajstić information content (AvgIpc) is 2.87. The first-order valence-electron chi connectivity index (χ1n) is 7.30. The van der Waals surface area contributed by atoms with Crippen LogP contribution in [0.3, 0.4) is 0 Å². The molecule has 1 aromatic heterocycles. The first-order chi connectivity index (χ1) is 9.14. The highest BCUT2D eigenvalue weighted by Crippen LogP contribution is 2.49. The van der Waals surface area contributed by atoms with Gasteiger partial charge in [0.25, 0.3) is 0 Å². The Labute approximate surface area is 114 Å². The van der Waals surface area contributed by atoms with E-state index < -0.39 is 0 Å². The predicted octanol–water partition coefficient (Wildman–Crippen LogP) is 1.55. The van der Waals surface area contributed by atoms with E-state index in [1.807, 2.05) is 6.07 Å². The number of rotatable bonds is 3. The lowest BCUT2D eigenvalue weighted by Crippen LogP contribution is -2.61. The fraction of sp³-hybridized carbons (Fsp3) is 0.733. The van der Waals surface area contributed by atoms with Crippen molar-refractivity contribution >= 4 is 0 Å². The molecule has 19 heavy (non-hydrogen) atoms. The van der Waals surface area contributed by atoms with Gasteiger partial charge in [0.05, 0.1) is 18.8 Å². The summed E-state index contributed by atoms with van der Waals surface area (Å²) in [5.41, 5.74) is -0.214. The Balaban J connectivity index is 1.56. The maximum absolute atomic E-state index is 9.91. The smallest absolute Gasteiger partial charge is 0.118 e. The van der Waals surface area contributed by atoms with Gasteiger partial charge in [0.1, 0.15) is 11.5 Å². The van der Waals surface area contributed by atoms with Gasteiger partial charge >= 0.3 is 0 Å². The standard InChI is InChI=1S/C15H23NO3/c1-2-11-3-4-12(19-11)10-16-7-5-15(6-8-16)13(17)9-14(15)18/h3-4,13-14,17-18H,2,5-10H2,1H3/t13-,14+. The van der Waals surface area contributed by atoms with Gasteiger partial charge in [-0.05, 0) is 38.1 Å². The van der Waals surface area contributed by atoms with Gasteiger partial charge in [-0.1, -0.05) is 6.92 Å². The van der Waals surface area contributed by atoms with Crippen LogP contribution in [0, 0.1) is 5.41 Å². The van der Waals surface area contributed by atoms with Gasteiger partial charge in [-0.3, -0.25) is 4.90 Å². The molecule has 1 saturated carbocycles. The molecule has 2 fully saturated rings. The van der Waals surface area contributed by atoms with Crippen LogP contribution in [0.1, 0.15) is 37.7 Å². The van der Waals surface area contributed by atoms with Crippen molar-refractivity contribution in [2.24, 2.45) is 5.41 Å². The van der Waals surface area contributed by atoms with Crippen LogP contribution in [-0.4, -0.2) is 40.4 Å². The summed E-state index contributed by atoms with van der Waals surface area (Å²) < 4.78 is 5.73. The molecule has 0 amide bonds. The molecule has 3 rings (SSSR count). The van der Waals surface area contributed by atoms with Crippen LogP contribution in [0.2, 0.25) is 0 Å². The van der Waals surface area contributed by atoms with E-state index >= 15 is 0 Å². The second-order valence-electron chi connectivity index (χ2n) is 6.00. The molecule has 4 heteroatoms. The van der Waals surface area contributed by atoms with Crippen LogP contribution in [-0.2, 0) is 13.0 Å². The van der Waals surface area contributed by atoms with Gasteiger partial charge in [0.2, 0.25) is 0 Å². The molecule has 2 atom stereocenters. The predicted molar refractivity (Wildman–Crippen MR) is 71.7 cm³/mol. The van der Waals surface area contributed by atoms with Gasteiger partial charge < -0.3 is 14.6 Å². The number of aliphatic hydroxyl groups is 2. The van der Waals surface area contributed by atoms with Crippen LogP contribution in [0.4, 0.5) is 0 Å². The summed E-state index contributed by atoms with van der Waals surface area (Å²) in [6, 6.07) is 4.09. The van der Waals surface area contributed by atoms with Crippen molar-refractivity contribution < 1.29 is 14.6 Å². The van der Waals surface area contributed by atoms with Crippen molar-refractivity contribution in [3.05, 3.63) is 23.7 Å². The highest BCUT2D eigenvalue weighted by atomic mass is 16.3. The molecule has 1 aromatic rings. The summed E-state index contributed by atoms with van der Waals surface area (Å²) in [5.74, 6) is 2.05. The molecule has 0 radical (unpaired) electrons. The Morgan fingerprint density at radius 2 is 1.84 bits per heavy atom. The minimum absolute atomic E-state index is 0.214. The van der Waals surface area contributed by atoms with Gasteiger partial charge in [-0.15, -0.1) is 0 Å². The number of hydrogen-bond acceptors (Lipinski definition) is 4. The third-order valence-electron chi connectivity index (χ3n) is 5.01. The molecule has 1 aliphatic carbocycles. The number of aryl methyl sites for hydroxylation is 1. The third-order valence-corrected chi connectivity index (χ3v) is 5.01. The molecule has 0 aromatic carbocycles. The number of nitrogens with zero attached hydrogens (tertiary/aromatic N) is 1. The van der Waals surface area contributed by atoms with E-state index in [0.29, 0.717) is 6.42 Å². The van der Waals surface area contributed by atoms with Crippen LogP contribution < -0.4 is 0 Å². The normalized spacial score (nSPS) is 30.5. The van der Waals surface area contributed by atoms with Crippen molar-refractivity contribution in [2.75, 3.05) is 13.1 Å². The topological polar surface area (TPSA) is 56.8 Å². The number of furan rings is 1. The van der Waals surface area contributed by atoms with Crippen molar-refractivity contribution in [1.29, 1.82) is 0 Å². The second-order valence-corrected chi connectivity index (χ2v) is 6.00. The van der Waals surface area contributed by atoms with Crippen molar-refractivity contribution in [3.8, 4) is 0 Å². The first kappa shape index (κ1) is 13.2. The minimum Gasteiger partial charge on any atom is -0.465 e. The summed E-state index contributed by atoms with van der Waals surface area (Å²) in [6.45, 7) is 4.78. The lowest BCUT2D eigenvalue weighted by Gasteiger charge is -2.55. The summed E-state index contributed by atoms with van der Waals surface area (Å²) in [4.78, 5) is 2.35. The van der Waals surface area contributed by atoms with E-state index in [0.717, 1.165) is 50.4 Å². The van der Waals surface area contributed by atoms with Crippen LogP contribution in [0.15, 0.2) is 16.5 Å². The van der Waals surface area contributed by atoms with E-state index in [9.17, 15) is 10.2 Å². The van der Waals surface area contributed by atoms with Gasteiger partial charge in [-0.2, -0.15) is 0 Å². The average molecular weight is 265 g/mol. The number of aliphatic hydroxyl groups excluding tert-OH is 2. The molecule has 1 aliphatic heterocycles.